The minimum atomic E-state index is -3.84. The quantitative estimate of drug-likeness (QED) is 0.0527. The van der Waals surface area contributed by atoms with Gasteiger partial charge in [-0.05, 0) is 133 Å². The number of amides is 1. The van der Waals surface area contributed by atoms with Gasteiger partial charge in [0.05, 0.1) is 23.0 Å². The van der Waals surface area contributed by atoms with E-state index in [1.807, 2.05) is 311 Å². The SMILES string of the molecule is Cc1nccn1[C@H]1CCC(C(C(N)=O)(c2ccccc2)c2ccccc2)C1.[C-]#[N+]C(c1ccccc1)(c1ccccc1)C1CCC(=O)C1.[C-]#[N+]C(c1ccccc1)(c1ccccc1)C1CC[C@@H](OS(=O)(=O)c2ccc(C)cc2)C1.[C-]#[N+]C(c1ccccc1)(c1ccccc1)C1CC[C@H](O)C1.[C-]#[N+]C(c1ccccc1)(c1ccccc1)C1CC[C@H](n2ccnc2C)C1. The number of imidazole rings is 2. The maximum atomic E-state index is 13.1. The fourth-order valence-corrected chi connectivity index (χ4v) is 22.2. The first-order chi connectivity index (χ1) is 61.4. The van der Waals surface area contributed by atoms with Gasteiger partial charge in [0.1, 0.15) is 22.8 Å². The second-order valence-corrected chi connectivity index (χ2v) is 35.6. The van der Waals surface area contributed by atoms with Gasteiger partial charge in [-0.2, -0.15) is 8.42 Å². The van der Waals surface area contributed by atoms with Crippen molar-refractivity contribution < 1.29 is 27.3 Å². The monoisotopic (exact) mass is 1680 g/mol. The van der Waals surface area contributed by atoms with Crippen LogP contribution in [0.25, 0.3) is 19.4 Å². The maximum Gasteiger partial charge on any atom is 0.297 e. The normalized spacial score (nSPS) is 19.8. The number of Topliss-reactive ketones (excluding diaryl/α,β-unsaturated/α-hetero) is 1. The van der Waals surface area contributed by atoms with Gasteiger partial charge in [0.15, 0.2) is 0 Å². The Bertz CT molecular complexity index is 5810. The van der Waals surface area contributed by atoms with Crippen molar-refractivity contribution in [1.29, 1.82) is 0 Å². The van der Waals surface area contributed by atoms with Crippen LogP contribution in [0.5, 0.6) is 0 Å². The summed E-state index contributed by atoms with van der Waals surface area (Å²) >= 11 is 0. The third-order valence-corrected chi connectivity index (χ3v) is 28.5. The molecule has 5 unspecified atom stereocenters. The Kier molecular flexibility index (Phi) is 28.7. The number of carbonyl (C=O) groups is 2. The van der Waals surface area contributed by atoms with Crippen LogP contribution in [0.2, 0.25) is 0 Å². The fourth-order valence-electron chi connectivity index (χ4n) is 21.1. The second-order valence-electron chi connectivity index (χ2n) is 34.1. The van der Waals surface area contributed by atoms with Gasteiger partial charge in [0, 0.05) is 112 Å². The summed E-state index contributed by atoms with van der Waals surface area (Å²) in [5.74, 6) is 2.69. The smallest absolute Gasteiger partial charge is 0.297 e. The van der Waals surface area contributed by atoms with E-state index in [-0.39, 0.29) is 52.3 Å². The summed E-state index contributed by atoms with van der Waals surface area (Å²) in [7, 11) is -3.84. The number of hydrogen-bond acceptors (Lipinski definition) is 8. The molecule has 0 radical (unpaired) electrons. The highest BCUT2D eigenvalue weighted by Crippen LogP contribution is 2.55. The molecule has 13 aromatic rings. The van der Waals surface area contributed by atoms with Crippen LogP contribution in [0.4, 0.5) is 0 Å². The molecule has 3 N–H and O–H groups in total. The Morgan fingerprint density at radius 3 is 0.968 bits per heavy atom. The third-order valence-electron chi connectivity index (χ3n) is 27.2. The first-order valence-electron chi connectivity index (χ1n) is 44.0. The molecule has 636 valence electrons. The molecule has 2 aromatic heterocycles. The Morgan fingerprint density at radius 1 is 0.381 bits per heavy atom. The van der Waals surface area contributed by atoms with E-state index in [0.717, 1.165) is 137 Å². The summed E-state index contributed by atoms with van der Waals surface area (Å²) in [6, 6.07) is 108. The van der Waals surface area contributed by atoms with Crippen LogP contribution < -0.4 is 5.73 Å². The number of hydrogen-bond donors (Lipinski definition) is 2. The van der Waals surface area contributed by atoms with Gasteiger partial charge in [-0.15, -0.1) is 0 Å². The number of benzene rings is 11. The number of carbonyl (C=O) groups excluding carboxylic acids is 2. The fraction of sp³-hybridized carbons (Fsp3) is 0.291. The molecule has 18 rings (SSSR count). The average Bonchev–Trinajstić information content (AvgIpc) is 1.42. The molecule has 0 aliphatic heterocycles. The van der Waals surface area contributed by atoms with E-state index in [1.54, 1.807) is 24.3 Å². The zero-order chi connectivity index (χ0) is 88.2. The highest BCUT2D eigenvalue weighted by molar-refractivity contribution is 7.86. The van der Waals surface area contributed by atoms with Gasteiger partial charge in [-0.3, -0.25) is 33.2 Å². The van der Waals surface area contributed by atoms with E-state index in [4.69, 9.17) is 36.2 Å². The Hall–Kier alpha value is -13.2. The maximum absolute atomic E-state index is 13.1. The van der Waals surface area contributed by atoms with Crippen LogP contribution in [0, 0.1) is 76.6 Å². The van der Waals surface area contributed by atoms with Gasteiger partial charge in [0.2, 0.25) is 5.91 Å². The molecule has 1 amide bonds. The van der Waals surface area contributed by atoms with Crippen molar-refractivity contribution in [3.05, 3.63) is 471 Å². The molecule has 5 saturated carbocycles. The lowest BCUT2D eigenvalue weighted by atomic mass is 9.64. The van der Waals surface area contributed by atoms with Crippen LogP contribution in [0.3, 0.4) is 0 Å². The summed E-state index contributed by atoms with van der Waals surface area (Å²) in [5, 5.41) is 9.95. The molecule has 0 bridgehead atoms. The molecule has 9 atom stereocenters. The number of aliphatic hydroxyl groups excluding tert-OH is 1. The molecule has 5 aliphatic carbocycles. The predicted molar refractivity (Wildman–Crippen MR) is 497 cm³/mol. The van der Waals surface area contributed by atoms with Crippen LogP contribution in [-0.4, -0.2) is 56.5 Å². The molecule has 0 spiro atoms. The third kappa shape index (κ3) is 18.5. The van der Waals surface area contributed by atoms with Crippen LogP contribution in [0.1, 0.15) is 181 Å². The zero-order valence-corrected chi connectivity index (χ0v) is 72.7. The van der Waals surface area contributed by atoms with Gasteiger partial charge < -0.3 is 20.0 Å². The van der Waals surface area contributed by atoms with E-state index in [0.29, 0.717) is 44.2 Å². The summed E-state index contributed by atoms with van der Waals surface area (Å²) < 4.78 is 35.7. The molecular weight excluding hydrogens is 1580 g/mol. The minimum absolute atomic E-state index is 0.0481. The predicted octanol–water partition coefficient (Wildman–Crippen LogP) is 23.4. The molecule has 0 saturated heterocycles. The Morgan fingerprint density at radius 2 is 0.675 bits per heavy atom. The number of nitrogens with two attached hydrogens (primary N) is 1. The molecule has 5 fully saturated rings. The molecule has 5 aliphatic rings. The highest BCUT2D eigenvalue weighted by atomic mass is 32.2. The number of nitrogens with zero attached hydrogens (tertiary/aromatic N) is 8. The van der Waals surface area contributed by atoms with Crippen molar-refractivity contribution in [2.75, 3.05) is 0 Å². The van der Waals surface area contributed by atoms with Crippen molar-refractivity contribution in [2.45, 2.75) is 174 Å². The number of aliphatic hydroxyl groups is 1. The number of rotatable bonds is 21. The number of primary amides is 1. The van der Waals surface area contributed by atoms with E-state index < -0.39 is 43.8 Å². The Labute approximate surface area is 743 Å². The summed E-state index contributed by atoms with van der Waals surface area (Å²) in [5.41, 5.74) is 13.5. The minimum Gasteiger partial charge on any atom is -0.393 e. The zero-order valence-electron chi connectivity index (χ0n) is 71.8. The number of ketones is 1. The van der Waals surface area contributed by atoms with Crippen LogP contribution >= 0.6 is 0 Å². The largest absolute Gasteiger partial charge is 0.393 e. The van der Waals surface area contributed by atoms with Gasteiger partial charge in [-0.1, -0.05) is 321 Å². The molecule has 11 aromatic carbocycles. The van der Waals surface area contributed by atoms with E-state index >= 15 is 0 Å². The summed E-state index contributed by atoms with van der Waals surface area (Å²) in [4.78, 5) is 50.5. The topological polar surface area (TPSA) is 177 Å². The summed E-state index contributed by atoms with van der Waals surface area (Å²) in [6.45, 7) is 38.3. The van der Waals surface area contributed by atoms with Crippen molar-refractivity contribution in [1.82, 2.24) is 19.1 Å². The molecule has 16 heteroatoms. The van der Waals surface area contributed by atoms with Gasteiger partial charge in [0.25, 0.3) is 32.3 Å². The van der Waals surface area contributed by atoms with Gasteiger partial charge >= 0.3 is 0 Å². The molecule has 126 heavy (non-hydrogen) atoms. The first kappa shape index (κ1) is 89.1. The lowest BCUT2D eigenvalue weighted by Crippen LogP contribution is -2.47. The first-order valence-corrected chi connectivity index (χ1v) is 45.4. The van der Waals surface area contributed by atoms with Gasteiger partial charge in [-0.25, -0.2) is 36.3 Å². The second kappa shape index (κ2) is 40.6. The lowest BCUT2D eigenvalue weighted by molar-refractivity contribution is -0.124. The molecule has 2 heterocycles. The average molecular weight is 1690 g/mol. The van der Waals surface area contributed by atoms with Crippen LogP contribution in [-0.2, 0) is 51.5 Å². The molecular formula is C110H109N9O6S. The van der Waals surface area contributed by atoms with E-state index in [2.05, 4.69) is 75.9 Å². The van der Waals surface area contributed by atoms with Crippen molar-refractivity contribution in [3.63, 3.8) is 0 Å². The van der Waals surface area contributed by atoms with Crippen molar-refractivity contribution in [3.8, 4) is 0 Å². The Balaban J connectivity index is 0.000000129. The highest BCUT2D eigenvalue weighted by Gasteiger charge is 2.57. The number of aromatic nitrogens is 4. The van der Waals surface area contributed by atoms with Crippen molar-refractivity contribution in [2.24, 2.45) is 35.3 Å². The lowest BCUT2D eigenvalue weighted by Gasteiger charge is -2.37. The van der Waals surface area contributed by atoms with E-state index in [1.165, 1.54) is 0 Å². The molecule has 15 nitrogen and oxygen atoms in total. The van der Waals surface area contributed by atoms with Crippen LogP contribution in [0.15, 0.2) is 357 Å². The van der Waals surface area contributed by atoms with Crippen molar-refractivity contribution >= 4 is 21.8 Å². The summed E-state index contributed by atoms with van der Waals surface area (Å²) in [6.07, 6.45) is 19.3. The standard InChI is InChI=1S/C26H25NO3S.C23H25N3O.C23H23N3.C19H19NO.C19H17NO/c1-20-13-17-25(18-14-20)31(28,29)30-24-16-15-23(19-24)26(27-2,21-9-5-3-6-10-21)22-11-7-4-8-12-22;1-17-25-14-15-26(17)21-13-12-20(16-21)23(22(24)27,18-8-4-2-5-9-18)19-10-6-3-7-11-19;1-18-25-15-16-26(18)22-14-13-21(17-22)23(24-2,19-9-5-3-6-10-19)20-11-7-4-8-12-20;2*1-20-19(15-8-4-2-5-9-15,16-10-6-3-7-11-16)17-12-13-18(21)14-17/h3-14,17-18,23-24H,15-16,19H2,1H3;2-11,14-15,20-21H,12-13,16H2,1H3,(H2,24,27);3-12,15-16,21-22H,13-14,17H2,1H3;2-11,17-18,21H,12-14H2;2-11,17H,12-14H2/t23?,24-;20?,21-;21?,22-;17?,18-;/m1000./s1. The number of aryl methyl sites for hydroxylation is 3. The van der Waals surface area contributed by atoms with E-state index in [9.17, 15) is 23.1 Å².